The number of carbonyl (C=O) groups excluding carboxylic acids is 1. The summed E-state index contributed by atoms with van der Waals surface area (Å²) in [5, 5.41) is 0. The lowest BCUT2D eigenvalue weighted by molar-refractivity contribution is -0.139. The molecular weight excluding hydrogens is 336 g/mol. The van der Waals surface area contributed by atoms with Crippen LogP contribution in [0.25, 0.3) is 0 Å². The van der Waals surface area contributed by atoms with Gasteiger partial charge < -0.3 is 18.0 Å². The van der Waals surface area contributed by atoms with E-state index in [2.05, 4.69) is 20.8 Å². The largest absolute Gasteiger partial charge is 0.530 e. The molecule has 0 spiro atoms. The van der Waals surface area contributed by atoms with Crippen LogP contribution in [-0.4, -0.2) is 41.2 Å². The van der Waals surface area contributed by atoms with Crippen molar-refractivity contribution in [3.05, 3.63) is 11.3 Å². The first-order chi connectivity index (χ1) is 12.0. The van der Waals surface area contributed by atoms with Crippen molar-refractivity contribution >= 4 is 14.8 Å². The Morgan fingerprint density at radius 3 is 1.56 bits per heavy atom. The SMILES string of the molecule is CCCCO[Si](C=C(C)C(=O)OCCC)(OCCCC)OCCCC. The summed E-state index contributed by atoms with van der Waals surface area (Å²) in [4.78, 5) is 12.1. The zero-order chi connectivity index (χ0) is 19.0. The van der Waals surface area contributed by atoms with Gasteiger partial charge in [-0.1, -0.05) is 47.0 Å². The molecular formula is C19H38O5Si. The summed E-state index contributed by atoms with van der Waals surface area (Å²) in [7, 11) is -3.04. The Hall–Kier alpha value is -0.693. The predicted octanol–water partition coefficient (Wildman–Crippen LogP) is 4.81. The molecule has 0 aromatic rings. The molecule has 0 saturated carbocycles. The second-order valence-electron chi connectivity index (χ2n) is 6.17. The monoisotopic (exact) mass is 374 g/mol. The van der Waals surface area contributed by atoms with Crippen LogP contribution in [0.1, 0.15) is 79.6 Å². The van der Waals surface area contributed by atoms with Gasteiger partial charge in [-0.25, -0.2) is 4.79 Å². The first-order valence-corrected chi connectivity index (χ1v) is 11.6. The lowest BCUT2D eigenvalue weighted by Gasteiger charge is -2.27. The van der Waals surface area contributed by atoms with E-state index in [0.29, 0.717) is 32.0 Å². The molecule has 148 valence electrons. The maximum absolute atomic E-state index is 12.1. The van der Waals surface area contributed by atoms with Gasteiger partial charge in [0, 0.05) is 25.4 Å². The number of carbonyl (C=O) groups is 1. The Kier molecular flexibility index (Phi) is 15.1. The molecule has 0 atom stereocenters. The van der Waals surface area contributed by atoms with Crippen LogP contribution < -0.4 is 0 Å². The fraction of sp³-hybridized carbons (Fsp3) is 0.842. The smallest absolute Gasteiger partial charge is 0.462 e. The van der Waals surface area contributed by atoms with Crippen LogP contribution in [0.15, 0.2) is 11.3 Å². The summed E-state index contributed by atoms with van der Waals surface area (Å²) in [6.07, 6.45) is 6.73. The highest BCUT2D eigenvalue weighted by atomic mass is 28.4. The van der Waals surface area contributed by atoms with Gasteiger partial charge in [0.15, 0.2) is 0 Å². The van der Waals surface area contributed by atoms with Crippen LogP contribution in [0.2, 0.25) is 0 Å². The highest BCUT2D eigenvalue weighted by Gasteiger charge is 2.40. The van der Waals surface area contributed by atoms with Crippen molar-refractivity contribution in [3.8, 4) is 0 Å². The Balaban J connectivity index is 5.24. The van der Waals surface area contributed by atoms with E-state index in [0.717, 1.165) is 44.9 Å². The van der Waals surface area contributed by atoms with Crippen molar-refractivity contribution in [2.45, 2.75) is 79.6 Å². The topological polar surface area (TPSA) is 54.0 Å². The second kappa shape index (κ2) is 15.6. The lowest BCUT2D eigenvalue weighted by Crippen LogP contribution is -2.46. The van der Waals surface area contributed by atoms with Gasteiger partial charge in [0.1, 0.15) is 0 Å². The molecule has 0 unspecified atom stereocenters. The van der Waals surface area contributed by atoms with Crippen LogP contribution in [0, 0.1) is 0 Å². The minimum absolute atomic E-state index is 0.323. The van der Waals surface area contributed by atoms with Crippen LogP contribution in [0.5, 0.6) is 0 Å². The van der Waals surface area contributed by atoms with Crippen molar-refractivity contribution < 1.29 is 22.8 Å². The van der Waals surface area contributed by atoms with E-state index in [-0.39, 0.29) is 5.97 Å². The van der Waals surface area contributed by atoms with E-state index < -0.39 is 8.80 Å². The van der Waals surface area contributed by atoms with E-state index >= 15 is 0 Å². The highest BCUT2D eigenvalue weighted by molar-refractivity contribution is 6.66. The van der Waals surface area contributed by atoms with Crippen molar-refractivity contribution in [1.29, 1.82) is 0 Å². The van der Waals surface area contributed by atoms with Gasteiger partial charge in [-0.05, 0) is 38.3 Å². The van der Waals surface area contributed by atoms with Crippen LogP contribution >= 0.6 is 0 Å². The van der Waals surface area contributed by atoms with Crippen molar-refractivity contribution in [2.24, 2.45) is 0 Å². The average molecular weight is 375 g/mol. The number of esters is 1. The van der Waals surface area contributed by atoms with Crippen molar-refractivity contribution in [3.63, 3.8) is 0 Å². The van der Waals surface area contributed by atoms with Gasteiger partial charge in [-0.3, -0.25) is 0 Å². The number of rotatable bonds is 16. The molecule has 0 aliphatic heterocycles. The summed E-state index contributed by atoms with van der Waals surface area (Å²) in [5.41, 5.74) is 2.27. The average Bonchev–Trinajstić information content (AvgIpc) is 2.60. The molecule has 0 aliphatic carbocycles. The van der Waals surface area contributed by atoms with Crippen molar-refractivity contribution in [1.82, 2.24) is 0 Å². The molecule has 0 aromatic heterocycles. The molecule has 0 heterocycles. The zero-order valence-corrected chi connectivity index (χ0v) is 17.9. The molecule has 0 bridgehead atoms. The third kappa shape index (κ3) is 11.5. The van der Waals surface area contributed by atoms with Gasteiger partial charge >= 0.3 is 14.8 Å². The fourth-order valence-corrected chi connectivity index (χ4v) is 4.39. The first kappa shape index (κ1) is 24.3. The number of ether oxygens (including phenoxy) is 1. The number of unbranched alkanes of at least 4 members (excludes halogenated alkanes) is 3. The minimum Gasteiger partial charge on any atom is -0.462 e. The molecule has 0 fully saturated rings. The van der Waals surface area contributed by atoms with Crippen LogP contribution in [-0.2, 0) is 22.8 Å². The fourth-order valence-electron chi connectivity index (χ4n) is 1.96. The van der Waals surface area contributed by atoms with Gasteiger partial charge in [-0.15, -0.1) is 0 Å². The predicted molar refractivity (Wildman–Crippen MR) is 103 cm³/mol. The normalized spacial score (nSPS) is 12.4. The third-order valence-corrected chi connectivity index (χ3v) is 6.16. The Bertz CT molecular complexity index is 344. The summed E-state index contributed by atoms with van der Waals surface area (Å²) in [6, 6.07) is 0. The number of hydrogen-bond acceptors (Lipinski definition) is 5. The standard InChI is InChI=1S/C19H38O5Si/c1-6-10-14-22-25(23-15-11-7-2,24-16-12-8-3)17-18(5)19(20)21-13-9-4/h17H,6-16H2,1-5H3. The molecule has 25 heavy (non-hydrogen) atoms. The summed E-state index contributed by atoms with van der Waals surface area (Å²) in [5.74, 6) is -0.323. The van der Waals surface area contributed by atoms with Gasteiger partial charge in [-0.2, -0.15) is 0 Å². The molecule has 0 N–H and O–H groups in total. The quantitative estimate of drug-likeness (QED) is 0.168. The molecule has 5 nitrogen and oxygen atoms in total. The minimum atomic E-state index is -3.04. The maximum Gasteiger partial charge on any atom is 0.530 e. The van der Waals surface area contributed by atoms with Crippen LogP contribution in [0.4, 0.5) is 0 Å². The van der Waals surface area contributed by atoms with Gasteiger partial charge in [0.2, 0.25) is 0 Å². The van der Waals surface area contributed by atoms with E-state index in [9.17, 15) is 4.79 Å². The van der Waals surface area contributed by atoms with E-state index in [4.69, 9.17) is 18.0 Å². The summed E-state index contributed by atoms with van der Waals surface area (Å²) >= 11 is 0. The summed E-state index contributed by atoms with van der Waals surface area (Å²) in [6.45, 7) is 12.2. The molecule has 0 rings (SSSR count). The van der Waals surface area contributed by atoms with Crippen LogP contribution in [0.3, 0.4) is 0 Å². The molecule has 0 aliphatic rings. The van der Waals surface area contributed by atoms with Gasteiger partial charge in [0.05, 0.1) is 6.61 Å². The van der Waals surface area contributed by atoms with E-state index in [1.807, 2.05) is 6.92 Å². The molecule has 0 amide bonds. The van der Waals surface area contributed by atoms with E-state index in [1.54, 1.807) is 12.6 Å². The molecule has 0 radical (unpaired) electrons. The molecule has 0 saturated heterocycles. The highest BCUT2D eigenvalue weighted by Crippen LogP contribution is 2.18. The Morgan fingerprint density at radius 1 is 0.760 bits per heavy atom. The lowest BCUT2D eigenvalue weighted by atomic mass is 10.4. The molecule has 6 heteroatoms. The summed E-state index contributed by atoms with van der Waals surface area (Å²) < 4.78 is 23.5. The van der Waals surface area contributed by atoms with Crippen molar-refractivity contribution in [2.75, 3.05) is 26.4 Å². The second-order valence-corrected chi connectivity index (χ2v) is 8.53. The first-order valence-electron chi connectivity index (χ1n) is 9.83. The Morgan fingerprint density at radius 2 is 1.20 bits per heavy atom. The third-order valence-electron chi connectivity index (χ3n) is 3.56. The maximum atomic E-state index is 12.1. The number of hydrogen-bond donors (Lipinski definition) is 0. The zero-order valence-electron chi connectivity index (χ0n) is 16.9. The molecule has 0 aromatic carbocycles. The Labute approximate surface area is 155 Å². The van der Waals surface area contributed by atoms with Gasteiger partial charge in [0.25, 0.3) is 0 Å². The van der Waals surface area contributed by atoms with E-state index in [1.165, 1.54) is 0 Å².